The molecule has 0 heterocycles. The molecular formula is C5H16Cl2O3. The fraction of sp³-hybridized carbons (Fsp3) is 0.800. The molecule has 10 heavy (non-hydrogen) atoms. The highest BCUT2D eigenvalue weighted by Crippen LogP contribution is 1.82. The summed E-state index contributed by atoms with van der Waals surface area (Å²) < 4.78 is 0. The van der Waals surface area contributed by atoms with E-state index in [0.717, 1.165) is 0 Å². The van der Waals surface area contributed by atoms with E-state index in [9.17, 15) is 4.79 Å². The van der Waals surface area contributed by atoms with Crippen LogP contribution in [0.1, 0.15) is 26.7 Å². The summed E-state index contributed by atoms with van der Waals surface area (Å²) in [5.74, 6) is 0.343. The van der Waals surface area contributed by atoms with Crippen LogP contribution in [0.3, 0.4) is 0 Å². The Balaban J connectivity index is -0.0000000208. The van der Waals surface area contributed by atoms with Gasteiger partial charge < -0.3 is 11.0 Å². The summed E-state index contributed by atoms with van der Waals surface area (Å²) in [5.41, 5.74) is 0. The van der Waals surface area contributed by atoms with Crippen LogP contribution < -0.4 is 0 Å². The van der Waals surface area contributed by atoms with E-state index < -0.39 is 0 Å². The van der Waals surface area contributed by atoms with Crippen LogP contribution in [0.5, 0.6) is 0 Å². The molecule has 0 saturated carbocycles. The summed E-state index contributed by atoms with van der Waals surface area (Å²) in [6, 6.07) is 0. The van der Waals surface area contributed by atoms with Crippen molar-refractivity contribution in [2.45, 2.75) is 26.7 Å². The minimum Gasteiger partial charge on any atom is -0.412 e. The van der Waals surface area contributed by atoms with Gasteiger partial charge in [-0.05, 0) is 0 Å². The molecule has 0 aromatic heterocycles. The summed E-state index contributed by atoms with van der Waals surface area (Å²) in [5, 5.41) is 0. The first-order valence-corrected chi connectivity index (χ1v) is 2.33. The van der Waals surface area contributed by atoms with Gasteiger partial charge in [-0.3, -0.25) is 4.79 Å². The summed E-state index contributed by atoms with van der Waals surface area (Å²) in [7, 11) is 0. The van der Waals surface area contributed by atoms with Gasteiger partial charge in [0.2, 0.25) is 0 Å². The normalized spacial score (nSPS) is 5.00. The molecule has 3 nitrogen and oxygen atoms in total. The van der Waals surface area contributed by atoms with Crippen molar-refractivity contribution in [1.29, 1.82) is 0 Å². The quantitative estimate of drug-likeness (QED) is 0.634. The van der Waals surface area contributed by atoms with Crippen LogP contribution in [-0.4, -0.2) is 16.7 Å². The van der Waals surface area contributed by atoms with Crippen molar-refractivity contribution < 1.29 is 15.7 Å². The first-order chi connectivity index (χ1) is 2.81. The number of halogens is 2. The second kappa shape index (κ2) is 22.9. The van der Waals surface area contributed by atoms with Crippen molar-refractivity contribution in [2.75, 3.05) is 0 Å². The van der Waals surface area contributed by atoms with Crippen LogP contribution in [-0.2, 0) is 4.79 Å². The minimum atomic E-state index is 0. The summed E-state index contributed by atoms with van der Waals surface area (Å²) in [4.78, 5) is 10.2. The van der Waals surface area contributed by atoms with Gasteiger partial charge >= 0.3 is 0 Å². The predicted octanol–water partition coefficient (Wildman–Crippen LogP) is 0.570. The van der Waals surface area contributed by atoms with Crippen molar-refractivity contribution in [3.8, 4) is 0 Å². The largest absolute Gasteiger partial charge is 0.412 e. The molecule has 0 rings (SSSR count). The molecule has 0 radical (unpaired) electrons. The number of hydrogen-bond donors (Lipinski definition) is 0. The van der Waals surface area contributed by atoms with Crippen LogP contribution in [0.2, 0.25) is 0 Å². The van der Waals surface area contributed by atoms with Crippen LogP contribution in [0.25, 0.3) is 0 Å². The van der Waals surface area contributed by atoms with Gasteiger partial charge in [-0.25, -0.2) is 0 Å². The number of ketones is 1. The number of hydrogen-bond acceptors (Lipinski definition) is 1. The zero-order chi connectivity index (χ0) is 4.99. The molecule has 0 aliphatic carbocycles. The average Bonchev–Trinajstić information content (AvgIpc) is 1.65. The highest BCUT2D eigenvalue weighted by Gasteiger charge is 1.86. The van der Waals surface area contributed by atoms with Gasteiger partial charge in [-0.2, -0.15) is 0 Å². The molecule has 0 aromatic rings. The number of Topliss-reactive ketones (excluding diaryl/α,β-unsaturated/α-hetero) is 1. The lowest BCUT2D eigenvalue weighted by molar-refractivity contribution is -0.118. The maximum Gasteiger partial charge on any atom is 0.132 e. The van der Waals surface area contributed by atoms with E-state index in [4.69, 9.17) is 0 Å². The van der Waals surface area contributed by atoms with E-state index in [1.165, 1.54) is 0 Å². The van der Waals surface area contributed by atoms with Gasteiger partial charge in [0.1, 0.15) is 5.78 Å². The molecule has 0 saturated heterocycles. The van der Waals surface area contributed by atoms with Gasteiger partial charge in [-0.15, -0.1) is 24.8 Å². The van der Waals surface area contributed by atoms with Gasteiger partial charge in [0.25, 0.3) is 0 Å². The molecular weight excluding hydrogens is 179 g/mol. The fourth-order valence-corrected chi connectivity index (χ4v) is 0.250. The van der Waals surface area contributed by atoms with Crippen LogP contribution in [0.4, 0.5) is 0 Å². The highest BCUT2D eigenvalue weighted by molar-refractivity contribution is 5.85. The Labute approximate surface area is 73.6 Å². The van der Waals surface area contributed by atoms with Crippen molar-refractivity contribution in [3.05, 3.63) is 0 Å². The Bertz CT molecular complexity index is 52.9. The van der Waals surface area contributed by atoms with Crippen molar-refractivity contribution >= 4 is 30.6 Å². The van der Waals surface area contributed by atoms with E-state index in [1.807, 2.05) is 13.8 Å². The molecule has 0 atom stereocenters. The monoisotopic (exact) mass is 194 g/mol. The Kier molecular flexibility index (Phi) is 73.3. The Morgan fingerprint density at radius 3 is 1.20 bits per heavy atom. The molecule has 4 N–H and O–H groups in total. The number of rotatable bonds is 2. The molecule has 0 aliphatic heterocycles. The molecule has 0 aliphatic rings. The fourth-order valence-electron chi connectivity index (χ4n) is 0.250. The van der Waals surface area contributed by atoms with Crippen LogP contribution in [0, 0.1) is 0 Å². The summed E-state index contributed by atoms with van der Waals surface area (Å²) in [6.07, 6.45) is 1.38. The van der Waals surface area contributed by atoms with Crippen molar-refractivity contribution in [3.63, 3.8) is 0 Å². The molecule has 0 aromatic carbocycles. The summed E-state index contributed by atoms with van der Waals surface area (Å²) in [6.45, 7) is 3.76. The lowest BCUT2D eigenvalue weighted by Crippen LogP contribution is -1.88. The van der Waals surface area contributed by atoms with E-state index in [0.29, 0.717) is 18.6 Å². The van der Waals surface area contributed by atoms with Gasteiger partial charge in [-0.1, -0.05) is 13.8 Å². The second-order valence-electron chi connectivity index (χ2n) is 1.25. The van der Waals surface area contributed by atoms with E-state index in [2.05, 4.69) is 0 Å². The van der Waals surface area contributed by atoms with E-state index >= 15 is 0 Å². The molecule has 5 heteroatoms. The Morgan fingerprint density at radius 2 is 1.20 bits per heavy atom. The van der Waals surface area contributed by atoms with Crippen molar-refractivity contribution in [1.82, 2.24) is 0 Å². The standard InChI is InChI=1S/C5H10O.2ClH.2H2O/c1-3-5(6)4-2;;;;/h3-4H2,1-2H3;2*1H;2*1H2. The Hall–Kier alpha value is 0.170. The number of carbonyl (C=O) groups excluding carboxylic acids is 1. The maximum absolute atomic E-state index is 10.2. The zero-order valence-corrected chi connectivity index (χ0v) is 7.77. The van der Waals surface area contributed by atoms with Gasteiger partial charge in [0.05, 0.1) is 0 Å². The highest BCUT2D eigenvalue weighted by atomic mass is 35.5. The lowest BCUT2D eigenvalue weighted by atomic mass is 10.3. The molecule has 68 valence electrons. The zero-order valence-electron chi connectivity index (χ0n) is 6.14. The SMILES string of the molecule is CCC(=O)CC.Cl.Cl.O.O. The third-order valence-corrected chi connectivity index (χ3v) is 0.789. The molecule has 0 bridgehead atoms. The molecule has 0 amide bonds. The first-order valence-electron chi connectivity index (χ1n) is 2.33. The molecule has 0 spiro atoms. The maximum atomic E-state index is 10.2. The molecule has 0 unspecified atom stereocenters. The predicted molar refractivity (Wildman–Crippen MR) is 47.3 cm³/mol. The average molecular weight is 195 g/mol. The van der Waals surface area contributed by atoms with Crippen molar-refractivity contribution in [2.24, 2.45) is 0 Å². The minimum absolute atomic E-state index is 0. The van der Waals surface area contributed by atoms with Crippen LogP contribution >= 0.6 is 24.8 Å². The number of carbonyl (C=O) groups is 1. The Morgan fingerprint density at radius 1 is 1.00 bits per heavy atom. The van der Waals surface area contributed by atoms with Gasteiger partial charge in [0.15, 0.2) is 0 Å². The second-order valence-corrected chi connectivity index (χ2v) is 1.25. The lowest BCUT2D eigenvalue weighted by Gasteiger charge is -1.81. The first kappa shape index (κ1) is 32.0. The third kappa shape index (κ3) is 24.2. The summed E-state index contributed by atoms with van der Waals surface area (Å²) >= 11 is 0. The smallest absolute Gasteiger partial charge is 0.132 e. The topological polar surface area (TPSA) is 80.1 Å². The molecule has 0 fully saturated rings. The third-order valence-electron chi connectivity index (χ3n) is 0.789. The van der Waals surface area contributed by atoms with Gasteiger partial charge in [0, 0.05) is 12.8 Å². The van der Waals surface area contributed by atoms with E-state index in [1.54, 1.807) is 0 Å². The van der Waals surface area contributed by atoms with Crippen LogP contribution in [0.15, 0.2) is 0 Å². The van der Waals surface area contributed by atoms with E-state index in [-0.39, 0.29) is 35.8 Å².